The predicted octanol–water partition coefficient (Wildman–Crippen LogP) is -0.334. The monoisotopic (exact) mass is 212 g/mol. The SMILES string of the molecule is [SbH2][O]C1CSC1. The second kappa shape index (κ2) is 2.44. The average molecular weight is 213 g/mol. The van der Waals surface area contributed by atoms with Crippen LogP contribution in [0.5, 0.6) is 0 Å². The fraction of sp³-hybridized carbons (Fsp3) is 1.00. The molecule has 1 rings (SSSR count). The molecule has 1 aliphatic rings. The van der Waals surface area contributed by atoms with E-state index in [9.17, 15) is 0 Å². The summed E-state index contributed by atoms with van der Waals surface area (Å²) in [5.74, 6) is 2.47. The Morgan fingerprint density at radius 2 is 2.33 bits per heavy atom. The second-order valence-corrected chi connectivity index (χ2v) is 3.15. The van der Waals surface area contributed by atoms with Gasteiger partial charge in [-0.2, -0.15) is 0 Å². The number of hydrogen-bond acceptors (Lipinski definition) is 2. The van der Waals surface area contributed by atoms with Crippen LogP contribution in [-0.4, -0.2) is 41.1 Å². The molecular formula is C3H7OSSb. The Balaban J connectivity index is 2.01. The molecule has 0 spiro atoms. The van der Waals surface area contributed by atoms with Crippen molar-refractivity contribution < 1.29 is 3.02 Å². The van der Waals surface area contributed by atoms with Crippen molar-refractivity contribution in [3.05, 3.63) is 0 Å². The van der Waals surface area contributed by atoms with Gasteiger partial charge in [-0.1, -0.05) is 0 Å². The van der Waals surface area contributed by atoms with Crippen LogP contribution in [0.25, 0.3) is 0 Å². The topological polar surface area (TPSA) is 9.23 Å². The van der Waals surface area contributed by atoms with E-state index < -0.39 is 0 Å². The molecule has 0 aromatic carbocycles. The van der Waals surface area contributed by atoms with Gasteiger partial charge in [0, 0.05) is 0 Å². The van der Waals surface area contributed by atoms with Gasteiger partial charge < -0.3 is 0 Å². The van der Waals surface area contributed by atoms with Crippen molar-refractivity contribution in [2.45, 2.75) is 6.10 Å². The van der Waals surface area contributed by atoms with Crippen molar-refractivity contribution in [1.29, 1.82) is 0 Å². The molecule has 36 valence electrons. The second-order valence-electron chi connectivity index (χ2n) is 1.30. The molecule has 1 heterocycles. The summed E-state index contributed by atoms with van der Waals surface area (Å²) in [5, 5.41) is 0. The first-order chi connectivity index (χ1) is 2.93. The Bertz CT molecular complexity index is 43.3. The number of rotatable bonds is 1. The minimum atomic E-state index is 0.636. The summed E-state index contributed by atoms with van der Waals surface area (Å²) in [6.07, 6.45) is 0.636. The molecule has 1 aliphatic heterocycles. The van der Waals surface area contributed by atoms with Crippen molar-refractivity contribution >= 4 is 35.2 Å². The summed E-state index contributed by atoms with van der Waals surface area (Å²) in [6.45, 7) is 0. The van der Waals surface area contributed by atoms with Crippen LogP contribution >= 0.6 is 11.8 Å². The molecule has 6 heavy (non-hydrogen) atoms. The summed E-state index contributed by atoms with van der Waals surface area (Å²) in [4.78, 5) is 0. The van der Waals surface area contributed by atoms with E-state index in [-0.39, 0.29) is 0 Å². The first kappa shape index (κ1) is 5.27. The van der Waals surface area contributed by atoms with Crippen LogP contribution in [-0.2, 0) is 3.02 Å². The van der Waals surface area contributed by atoms with E-state index in [1.807, 2.05) is 11.8 Å². The third-order valence-corrected chi connectivity index (χ3v) is 3.11. The van der Waals surface area contributed by atoms with E-state index in [2.05, 4.69) is 0 Å². The zero-order valence-electron chi connectivity index (χ0n) is 3.39. The normalized spacial score (nSPS) is 23.5. The molecule has 0 bridgehead atoms. The quantitative estimate of drug-likeness (QED) is 0.551. The molecule has 0 saturated carbocycles. The van der Waals surface area contributed by atoms with Crippen molar-refractivity contribution in [1.82, 2.24) is 0 Å². The molecule has 0 unspecified atom stereocenters. The van der Waals surface area contributed by atoms with E-state index in [4.69, 9.17) is 3.02 Å². The third kappa shape index (κ3) is 1.05. The standard InChI is InChI=1S/C3H5OS.Sb.2H/c4-3-1-5-2-3;;;/h3H,1-2H2;;;/q-1;+1;;. The van der Waals surface area contributed by atoms with Crippen LogP contribution in [0.3, 0.4) is 0 Å². The predicted molar refractivity (Wildman–Crippen MR) is 30.7 cm³/mol. The van der Waals surface area contributed by atoms with Gasteiger partial charge in [-0.3, -0.25) is 0 Å². The van der Waals surface area contributed by atoms with Gasteiger partial charge in [-0.05, 0) is 0 Å². The van der Waals surface area contributed by atoms with Gasteiger partial charge in [0.2, 0.25) is 0 Å². The van der Waals surface area contributed by atoms with E-state index in [1.54, 1.807) is 0 Å². The van der Waals surface area contributed by atoms with E-state index in [0.717, 1.165) is 23.4 Å². The summed E-state index contributed by atoms with van der Waals surface area (Å²) < 4.78 is 5.10. The van der Waals surface area contributed by atoms with Crippen molar-refractivity contribution in [2.75, 3.05) is 11.5 Å². The molecule has 1 saturated heterocycles. The van der Waals surface area contributed by atoms with Gasteiger partial charge >= 0.3 is 55.8 Å². The molecule has 0 aliphatic carbocycles. The Morgan fingerprint density at radius 1 is 1.67 bits per heavy atom. The molecule has 0 aromatic heterocycles. The first-order valence-corrected chi connectivity index (χ1v) is 4.37. The van der Waals surface area contributed by atoms with E-state index >= 15 is 0 Å². The summed E-state index contributed by atoms with van der Waals surface area (Å²) in [7, 11) is 0. The first-order valence-electron chi connectivity index (χ1n) is 1.87. The molecule has 0 atom stereocenters. The zero-order valence-corrected chi connectivity index (χ0v) is 7.50. The molecule has 0 amide bonds. The van der Waals surface area contributed by atoms with Crippen molar-refractivity contribution in [3.63, 3.8) is 0 Å². The van der Waals surface area contributed by atoms with Gasteiger partial charge in [-0.25, -0.2) is 0 Å². The van der Waals surface area contributed by atoms with Crippen LogP contribution < -0.4 is 0 Å². The molecule has 0 aromatic rings. The van der Waals surface area contributed by atoms with Crippen molar-refractivity contribution in [2.24, 2.45) is 0 Å². The van der Waals surface area contributed by atoms with E-state index in [0.29, 0.717) is 6.10 Å². The van der Waals surface area contributed by atoms with Gasteiger partial charge in [0.05, 0.1) is 0 Å². The maximum atomic E-state index is 5.10. The maximum absolute atomic E-state index is 5.10. The third-order valence-electron chi connectivity index (χ3n) is 0.800. The molecular weight excluding hydrogens is 206 g/mol. The van der Waals surface area contributed by atoms with Gasteiger partial charge in [0.1, 0.15) is 0 Å². The Morgan fingerprint density at radius 3 is 2.33 bits per heavy atom. The molecule has 1 fully saturated rings. The van der Waals surface area contributed by atoms with Gasteiger partial charge in [0.25, 0.3) is 0 Å². The molecule has 0 radical (unpaired) electrons. The summed E-state index contributed by atoms with van der Waals surface area (Å²) >= 11 is 2.94. The van der Waals surface area contributed by atoms with Crippen molar-refractivity contribution in [3.8, 4) is 0 Å². The Kier molecular flexibility index (Phi) is 2.14. The molecule has 3 heteroatoms. The van der Waals surface area contributed by atoms with E-state index in [1.165, 1.54) is 11.5 Å². The molecule has 0 N–H and O–H groups in total. The fourth-order valence-corrected chi connectivity index (χ4v) is 2.22. The number of thioether (sulfide) groups is 1. The fourth-order valence-electron chi connectivity index (χ4n) is 0.293. The van der Waals surface area contributed by atoms with Gasteiger partial charge in [-0.15, -0.1) is 0 Å². The average Bonchev–Trinajstić information content (AvgIpc) is 1.31. The van der Waals surface area contributed by atoms with Crippen LogP contribution in [0.15, 0.2) is 0 Å². The zero-order chi connectivity index (χ0) is 4.41. The van der Waals surface area contributed by atoms with Gasteiger partial charge in [0.15, 0.2) is 0 Å². The number of hydrogen-bond donors (Lipinski definition) is 0. The minimum absolute atomic E-state index is 0.636. The van der Waals surface area contributed by atoms with Crippen LogP contribution in [0.1, 0.15) is 0 Å². The summed E-state index contributed by atoms with van der Waals surface area (Å²) in [6, 6.07) is 0. The van der Waals surface area contributed by atoms with Crippen LogP contribution in [0.4, 0.5) is 0 Å². The Labute approximate surface area is 55.9 Å². The van der Waals surface area contributed by atoms with Crippen LogP contribution in [0.2, 0.25) is 0 Å². The van der Waals surface area contributed by atoms with Crippen LogP contribution in [0, 0.1) is 0 Å². The Hall–Kier alpha value is 1.13. The summed E-state index contributed by atoms with van der Waals surface area (Å²) in [5.41, 5.74) is 0. The molecule has 1 nitrogen and oxygen atoms in total.